The van der Waals surface area contributed by atoms with Crippen molar-refractivity contribution >= 4 is 5.65 Å². The van der Waals surface area contributed by atoms with E-state index in [0.29, 0.717) is 17.0 Å². The number of nitriles is 1. The van der Waals surface area contributed by atoms with E-state index in [1.807, 2.05) is 6.07 Å². The highest BCUT2D eigenvalue weighted by molar-refractivity contribution is 5.43. The number of rotatable bonds is 1. The van der Waals surface area contributed by atoms with Crippen molar-refractivity contribution < 1.29 is 5.11 Å². The molecule has 0 aromatic carbocycles. The van der Waals surface area contributed by atoms with Gasteiger partial charge in [-0.2, -0.15) is 5.26 Å². The third kappa shape index (κ3) is 1.55. The Labute approximate surface area is 86.6 Å². The molecule has 15 heavy (non-hydrogen) atoms. The van der Waals surface area contributed by atoms with E-state index in [1.165, 1.54) is 0 Å². The van der Waals surface area contributed by atoms with Gasteiger partial charge in [0.15, 0.2) is 11.5 Å². The first-order valence-corrected chi connectivity index (χ1v) is 4.50. The molecule has 0 aliphatic carbocycles. The lowest BCUT2D eigenvalue weighted by Gasteiger charge is -2.14. The lowest BCUT2D eigenvalue weighted by Crippen LogP contribution is -2.19. The van der Waals surface area contributed by atoms with Gasteiger partial charge >= 0.3 is 0 Å². The van der Waals surface area contributed by atoms with Gasteiger partial charge in [-0.3, -0.25) is 4.40 Å². The summed E-state index contributed by atoms with van der Waals surface area (Å²) >= 11 is 0. The Bertz CT molecular complexity index is 545. The second kappa shape index (κ2) is 3.04. The standard InChI is InChI=1S/C10H10N4O/c1-10(2,15)9-13-12-8-4-3-7(5-11)6-14(8)9/h3-4,6,15H,1-2H3. The van der Waals surface area contributed by atoms with Crippen LogP contribution in [0, 0.1) is 11.3 Å². The van der Waals surface area contributed by atoms with Crippen LogP contribution in [0.15, 0.2) is 18.3 Å². The third-order valence-corrected chi connectivity index (χ3v) is 2.08. The molecule has 0 radical (unpaired) electrons. The van der Waals surface area contributed by atoms with Crippen molar-refractivity contribution in [2.24, 2.45) is 0 Å². The van der Waals surface area contributed by atoms with Crippen LogP contribution in [0.5, 0.6) is 0 Å². The van der Waals surface area contributed by atoms with Crippen LogP contribution in [0.1, 0.15) is 25.2 Å². The van der Waals surface area contributed by atoms with Gasteiger partial charge in [-0.05, 0) is 26.0 Å². The maximum atomic E-state index is 9.83. The van der Waals surface area contributed by atoms with Gasteiger partial charge < -0.3 is 5.11 Å². The molecule has 0 bridgehead atoms. The Morgan fingerprint density at radius 1 is 1.40 bits per heavy atom. The molecule has 0 aliphatic heterocycles. The molecule has 1 N–H and O–H groups in total. The highest BCUT2D eigenvalue weighted by Gasteiger charge is 2.22. The molecule has 0 saturated heterocycles. The topological polar surface area (TPSA) is 74.2 Å². The normalized spacial score (nSPS) is 11.6. The van der Waals surface area contributed by atoms with E-state index >= 15 is 0 Å². The van der Waals surface area contributed by atoms with Crippen LogP contribution in [-0.4, -0.2) is 19.7 Å². The van der Waals surface area contributed by atoms with E-state index in [2.05, 4.69) is 10.2 Å². The lowest BCUT2D eigenvalue weighted by atomic mass is 10.1. The summed E-state index contributed by atoms with van der Waals surface area (Å²) < 4.78 is 1.62. The number of hydrogen-bond donors (Lipinski definition) is 1. The van der Waals surface area contributed by atoms with Crippen molar-refractivity contribution in [1.29, 1.82) is 5.26 Å². The van der Waals surface area contributed by atoms with E-state index in [1.54, 1.807) is 36.6 Å². The minimum Gasteiger partial charge on any atom is -0.382 e. The van der Waals surface area contributed by atoms with Gasteiger partial charge in [-0.25, -0.2) is 0 Å². The van der Waals surface area contributed by atoms with Gasteiger partial charge in [0.25, 0.3) is 0 Å². The average molecular weight is 202 g/mol. The average Bonchev–Trinajstić information content (AvgIpc) is 2.59. The molecule has 2 heterocycles. The van der Waals surface area contributed by atoms with Gasteiger partial charge in [0.05, 0.1) is 5.56 Å². The number of hydrogen-bond acceptors (Lipinski definition) is 4. The van der Waals surface area contributed by atoms with Crippen molar-refractivity contribution in [3.05, 3.63) is 29.7 Å². The Kier molecular flexibility index (Phi) is 1.95. The fourth-order valence-corrected chi connectivity index (χ4v) is 1.37. The molecule has 0 fully saturated rings. The molecule has 0 saturated carbocycles. The first-order chi connectivity index (χ1) is 7.02. The summed E-state index contributed by atoms with van der Waals surface area (Å²) in [5.41, 5.74) is 0.0481. The monoisotopic (exact) mass is 202 g/mol. The largest absolute Gasteiger partial charge is 0.382 e. The summed E-state index contributed by atoms with van der Waals surface area (Å²) in [6, 6.07) is 5.39. The van der Waals surface area contributed by atoms with Crippen molar-refractivity contribution in [2.75, 3.05) is 0 Å². The summed E-state index contributed by atoms with van der Waals surface area (Å²) in [6.07, 6.45) is 1.61. The fraction of sp³-hybridized carbons (Fsp3) is 0.300. The minimum absolute atomic E-state index is 0.426. The van der Waals surface area contributed by atoms with Crippen LogP contribution in [0.4, 0.5) is 0 Å². The van der Waals surface area contributed by atoms with E-state index in [4.69, 9.17) is 5.26 Å². The van der Waals surface area contributed by atoms with Gasteiger partial charge in [0.2, 0.25) is 0 Å². The lowest BCUT2D eigenvalue weighted by molar-refractivity contribution is 0.0676. The molecule has 0 atom stereocenters. The maximum absolute atomic E-state index is 9.83. The molecule has 0 spiro atoms. The van der Waals surface area contributed by atoms with Crippen LogP contribution in [0.2, 0.25) is 0 Å². The first-order valence-electron chi connectivity index (χ1n) is 4.50. The highest BCUT2D eigenvalue weighted by atomic mass is 16.3. The summed E-state index contributed by atoms with van der Waals surface area (Å²) in [4.78, 5) is 0. The van der Waals surface area contributed by atoms with Crippen LogP contribution >= 0.6 is 0 Å². The number of aliphatic hydroxyl groups is 1. The number of aromatic nitrogens is 3. The quantitative estimate of drug-likeness (QED) is 0.743. The Hall–Kier alpha value is -1.93. The van der Waals surface area contributed by atoms with Crippen molar-refractivity contribution in [3.63, 3.8) is 0 Å². The fourth-order valence-electron chi connectivity index (χ4n) is 1.37. The molecular weight excluding hydrogens is 192 g/mol. The summed E-state index contributed by atoms with van der Waals surface area (Å²) in [5.74, 6) is 0.426. The molecule has 0 unspecified atom stereocenters. The van der Waals surface area contributed by atoms with Crippen LogP contribution in [0.25, 0.3) is 5.65 Å². The third-order valence-electron chi connectivity index (χ3n) is 2.08. The second-order valence-electron chi connectivity index (χ2n) is 3.84. The zero-order chi connectivity index (χ0) is 11.1. The smallest absolute Gasteiger partial charge is 0.168 e. The zero-order valence-corrected chi connectivity index (χ0v) is 8.47. The molecule has 5 nitrogen and oxygen atoms in total. The highest BCUT2D eigenvalue weighted by Crippen LogP contribution is 2.18. The second-order valence-corrected chi connectivity index (χ2v) is 3.84. The first kappa shape index (κ1) is 9.62. The molecular formula is C10H10N4O. The molecule has 2 rings (SSSR count). The SMILES string of the molecule is CC(C)(O)c1nnc2ccc(C#N)cn12. The Balaban J connectivity index is 2.73. The molecule has 76 valence electrons. The summed E-state index contributed by atoms with van der Waals surface area (Å²) in [5, 5.41) is 26.4. The van der Waals surface area contributed by atoms with Crippen molar-refractivity contribution in [1.82, 2.24) is 14.6 Å². The van der Waals surface area contributed by atoms with Crippen LogP contribution < -0.4 is 0 Å². The van der Waals surface area contributed by atoms with E-state index in [0.717, 1.165) is 0 Å². The Morgan fingerprint density at radius 3 is 2.73 bits per heavy atom. The maximum Gasteiger partial charge on any atom is 0.168 e. The van der Waals surface area contributed by atoms with E-state index in [9.17, 15) is 5.11 Å². The predicted molar refractivity (Wildman–Crippen MR) is 52.9 cm³/mol. The summed E-state index contributed by atoms with van der Waals surface area (Å²) in [6.45, 7) is 3.25. The predicted octanol–water partition coefficient (Wildman–Crippen LogP) is 0.828. The van der Waals surface area contributed by atoms with E-state index < -0.39 is 5.60 Å². The van der Waals surface area contributed by atoms with Crippen molar-refractivity contribution in [3.8, 4) is 6.07 Å². The number of fused-ring (bicyclic) bond motifs is 1. The molecule has 5 heteroatoms. The number of nitrogens with zero attached hydrogens (tertiary/aromatic N) is 4. The molecule has 0 amide bonds. The Morgan fingerprint density at radius 2 is 2.13 bits per heavy atom. The molecule has 0 aliphatic rings. The molecule has 2 aromatic rings. The van der Waals surface area contributed by atoms with Gasteiger partial charge in [-0.15, -0.1) is 10.2 Å². The van der Waals surface area contributed by atoms with E-state index in [-0.39, 0.29) is 0 Å². The van der Waals surface area contributed by atoms with Gasteiger partial charge in [0, 0.05) is 6.20 Å². The number of pyridine rings is 1. The van der Waals surface area contributed by atoms with Crippen LogP contribution in [-0.2, 0) is 5.60 Å². The van der Waals surface area contributed by atoms with Crippen LogP contribution in [0.3, 0.4) is 0 Å². The van der Waals surface area contributed by atoms with Gasteiger partial charge in [0.1, 0.15) is 11.7 Å². The molecule has 2 aromatic heterocycles. The van der Waals surface area contributed by atoms with Crippen molar-refractivity contribution in [2.45, 2.75) is 19.4 Å². The summed E-state index contributed by atoms with van der Waals surface area (Å²) in [7, 11) is 0. The zero-order valence-electron chi connectivity index (χ0n) is 8.47. The minimum atomic E-state index is -1.08. The van der Waals surface area contributed by atoms with Gasteiger partial charge in [-0.1, -0.05) is 0 Å².